The molecule has 2 fully saturated rings. The maximum atomic E-state index is 14.0. The number of benzene rings is 2. The number of carbonyl (C=O) groups excluding carboxylic acids is 4. The first kappa shape index (κ1) is 31.6. The number of aromatic amines is 1. The van der Waals surface area contributed by atoms with Crippen LogP contribution in [0.2, 0.25) is 0 Å². The number of aliphatic hydroxyl groups is 1. The predicted molar refractivity (Wildman–Crippen MR) is 163 cm³/mol. The molecule has 11 heteroatoms. The van der Waals surface area contributed by atoms with E-state index in [-0.39, 0.29) is 36.6 Å². The number of amides is 4. The lowest BCUT2D eigenvalue weighted by Gasteiger charge is -2.32. The second-order valence-corrected chi connectivity index (χ2v) is 11.6. The van der Waals surface area contributed by atoms with Crippen LogP contribution in [0.4, 0.5) is 5.69 Å². The number of anilines is 1. The van der Waals surface area contributed by atoms with E-state index in [2.05, 4.69) is 21.4 Å². The van der Waals surface area contributed by atoms with Crippen LogP contribution in [0.15, 0.2) is 54.6 Å². The summed E-state index contributed by atoms with van der Waals surface area (Å²) in [6.45, 7) is 4.19. The standard InChI is InChI=1S/C31H38N4O5.CH3NO/c1-18(2)14-25(34-30(38)24-16-22-23(33-24)10-7-11-27(22)40-3)31(39)35-17-20(15-26(35)28(36)19-12-13-19)29(37)32-21-8-5-4-6-9-21;2-1-3/h4-11,16,18-20,25-26,28,33,36H,12-15,17H2,1-3H3,(H,32,37)(H,34,38);1H,(H2,2,3). The van der Waals surface area contributed by atoms with Gasteiger partial charge in [0.05, 0.1) is 25.2 Å². The van der Waals surface area contributed by atoms with Gasteiger partial charge >= 0.3 is 0 Å². The number of nitrogens with one attached hydrogen (secondary N) is 3. The number of hydrogen-bond acceptors (Lipinski definition) is 6. The van der Waals surface area contributed by atoms with E-state index >= 15 is 0 Å². The molecule has 2 aliphatic rings. The average Bonchev–Trinajstić information content (AvgIpc) is 3.58. The third kappa shape index (κ3) is 7.72. The third-order valence-corrected chi connectivity index (χ3v) is 7.94. The maximum absolute atomic E-state index is 14.0. The van der Waals surface area contributed by atoms with Crippen molar-refractivity contribution in [1.82, 2.24) is 15.2 Å². The van der Waals surface area contributed by atoms with Gasteiger partial charge in [0.1, 0.15) is 17.5 Å². The van der Waals surface area contributed by atoms with Gasteiger partial charge in [-0.15, -0.1) is 0 Å². The summed E-state index contributed by atoms with van der Waals surface area (Å²) in [5.74, 6) is -0.384. The van der Waals surface area contributed by atoms with Crippen molar-refractivity contribution in [1.29, 1.82) is 0 Å². The van der Waals surface area contributed by atoms with Gasteiger partial charge in [0.15, 0.2) is 0 Å². The molecule has 4 atom stereocenters. The molecule has 1 aliphatic heterocycles. The topological polar surface area (TPSA) is 167 Å². The van der Waals surface area contributed by atoms with Crippen LogP contribution >= 0.6 is 0 Å². The summed E-state index contributed by atoms with van der Waals surface area (Å²) < 4.78 is 5.42. The number of fused-ring (bicyclic) bond motifs is 1. The molecule has 0 bridgehead atoms. The van der Waals surface area contributed by atoms with Crippen molar-refractivity contribution in [3.8, 4) is 5.75 Å². The Balaban J connectivity index is 0.00000135. The van der Waals surface area contributed by atoms with Crippen molar-refractivity contribution in [3.05, 3.63) is 60.3 Å². The minimum atomic E-state index is -0.800. The maximum Gasteiger partial charge on any atom is 0.268 e. The zero-order chi connectivity index (χ0) is 31.1. The Morgan fingerprint density at radius 3 is 2.47 bits per heavy atom. The molecule has 1 saturated heterocycles. The summed E-state index contributed by atoms with van der Waals surface area (Å²) in [4.78, 5) is 53.9. The van der Waals surface area contributed by atoms with Crippen LogP contribution in [0.1, 0.15) is 50.0 Å². The van der Waals surface area contributed by atoms with Crippen LogP contribution in [-0.4, -0.2) is 71.0 Å². The number of ether oxygens (including phenoxy) is 1. The fraction of sp³-hybridized carbons (Fsp3) is 0.438. The lowest BCUT2D eigenvalue weighted by Crippen LogP contribution is -2.53. The van der Waals surface area contributed by atoms with Gasteiger partial charge in [-0.2, -0.15) is 0 Å². The Labute approximate surface area is 251 Å². The van der Waals surface area contributed by atoms with Gasteiger partial charge in [-0.1, -0.05) is 38.1 Å². The zero-order valence-corrected chi connectivity index (χ0v) is 24.8. The SMILES string of the molecule is COc1cccc2[nH]c(C(=O)NC(CC(C)C)C(=O)N3CC(C(=O)Nc4ccccc4)CC3C(O)C3CC3)cc12.NC=O. The number of para-hydroxylation sites is 1. The van der Waals surface area contributed by atoms with E-state index in [1.54, 1.807) is 18.1 Å². The van der Waals surface area contributed by atoms with E-state index in [4.69, 9.17) is 9.53 Å². The molecule has 0 spiro atoms. The van der Waals surface area contributed by atoms with Gasteiger partial charge in [0.25, 0.3) is 5.91 Å². The molecule has 4 amide bonds. The van der Waals surface area contributed by atoms with Crippen molar-refractivity contribution in [3.63, 3.8) is 0 Å². The zero-order valence-electron chi connectivity index (χ0n) is 24.8. The average molecular weight is 592 g/mol. The molecule has 3 aromatic rings. The number of H-pyrrole nitrogens is 1. The summed E-state index contributed by atoms with van der Waals surface area (Å²) in [6, 6.07) is 15.2. The molecule has 11 nitrogen and oxygen atoms in total. The molecule has 230 valence electrons. The number of primary amides is 1. The normalized spacial score (nSPS) is 19.2. The first-order valence-electron chi connectivity index (χ1n) is 14.6. The van der Waals surface area contributed by atoms with E-state index in [1.165, 1.54) is 0 Å². The molecule has 1 aliphatic carbocycles. The highest BCUT2D eigenvalue weighted by Gasteiger charge is 2.47. The smallest absolute Gasteiger partial charge is 0.268 e. The molecule has 4 unspecified atom stereocenters. The Morgan fingerprint density at radius 2 is 1.84 bits per heavy atom. The fourth-order valence-electron chi connectivity index (χ4n) is 5.71. The molecular formula is C32H41N5O6. The minimum absolute atomic E-state index is 0.128. The van der Waals surface area contributed by atoms with Crippen LogP contribution < -0.4 is 21.1 Å². The van der Waals surface area contributed by atoms with Crippen molar-refractivity contribution in [2.75, 3.05) is 19.0 Å². The first-order valence-corrected chi connectivity index (χ1v) is 14.6. The number of nitrogens with two attached hydrogens (primary N) is 1. The minimum Gasteiger partial charge on any atom is -0.496 e. The van der Waals surface area contributed by atoms with Gasteiger partial charge in [0, 0.05) is 23.1 Å². The number of aromatic nitrogens is 1. The van der Waals surface area contributed by atoms with Crippen molar-refractivity contribution >= 4 is 40.7 Å². The highest BCUT2D eigenvalue weighted by molar-refractivity contribution is 6.01. The quantitative estimate of drug-likeness (QED) is 0.227. The van der Waals surface area contributed by atoms with Gasteiger partial charge in [0.2, 0.25) is 18.2 Å². The molecule has 43 heavy (non-hydrogen) atoms. The highest BCUT2D eigenvalue weighted by Crippen LogP contribution is 2.39. The Kier molecular flexibility index (Phi) is 10.4. The van der Waals surface area contributed by atoms with Gasteiger partial charge < -0.3 is 36.1 Å². The Bertz CT molecular complexity index is 1420. The summed E-state index contributed by atoms with van der Waals surface area (Å²) in [5, 5.41) is 17.8. The molecule has 0 radical (unpaired) electrons. The van der Waals surface area contributed by atoms with Crippen LogP contribution in [0.3, 0.4) is 0 Å². The van der Waals surface area contributed by atoms with Crippen molar-refractivity contribution < 1.29 is 29.0 Å². The van der Waals surface area contributed by atoms with Crippen molar-refractivity contribution in [2.24, 2.45) is 23.5 Å². The molecule has 2 heterocycles. The number of nitrogens with zero attached hydrogens (tertiary/aromatic N) is 1. The molecule has 1 aromatic heterocycles. The predicted octanol–water partition coefficient (Wildman–Crippen LogP) is 3.05. The number of likely N-dealkylation sites (tertiary alicyclic amines) is 1. The fourth-order valence-corrected chi connectivity index (χ4v) is 5.71. The molecular weight excluding hydrogens is 550 g/mol. The largest absolute Gasteiger partial charge is 0.496 e. The number of rotatable bonds is 10. The van der Waals surface area contributed by atoms with E-state index in [0.717, 1.165) is 23.7 Å². The highest BCUT2D eigenvalue weighted by atomic mass is 16.5. The molecule has 2 aromatic carbocycles. The van der Waals surface area contributed by atoms with E-state index in [0.29, 0.717) is 30.0 Å². The second kappa shape index (κ2) is 14.2. The van der Waals surface area contributed by atoms with Gasteiger partial charge in [-0.3, -0.25) is 19.2 Å². The number of hydrogen-bond donors (Lipinski definition) is 5. The second-order valence-electron chi connectivity index (χ2n) is 11.6. The third-order valence-electron chi connectivity index (χ3n) is 7.94. The van der Waals surface area contributed by atoms with Crippen LogP contribution in [-0.2, 0) is 14.4 Å². The Hall–Kier alpha value is -4.38. The van der Waals surface area contributed by atoms with E-state index in [1.807, 2.05) is 62.4 Å². The van der Waals surface area contributed by atoms with Crippen LogP contribution in [0.5, 0.6) is 5.75 Å². The lowest BCUT2D eigenvalue weighted by molar-refractivity contribution is -0.137. The van der Waals surface area contributed by atoms with Crippen LogP contribution in [0, 0.1) is 17.8 Å². The number of methoxy groups -OCH3 is 1. The summed E-state index contributed by atoms with van der Waals surface area (Å²) >= 11 is 0. The number of aliphatic hydroxyl groups excluding tert-OH is 1. The summed E-state index contributed by atoms with van der Waals surface area (Å²) in [6.07, 6.45) is 2.19. The Morgan fingerprint density at radius 1 is 1.14 bits per heavy atom. The lowest BCUT2D eigenvalue weighted by atomic mass is 9.98. The first-order chi connectivity index (χ1) is 20.7. The number of carbonyl (C=O) groups is 4. The van der Waals surface area contributed by atoms with E-state index < -0.39 is 30.0 Å². The van der Waals surface area contributed by atoms with Crippen LogP contribution in [0.25, 0.3) is 10.9 Å². The van der Waals surface area contributed by atoms with Gasteiger partial charge in [-0.25, -0.2) is 0 Å². The summed E-state index contributed by atoms with van der Waals surface area (Å²) in [5.41, 5.74) is 5.95. The van der Waals surface area contributed by atoms with Gasteiger partial charge in [-0.05, 0) is 67.9 Å². The molecule has 6 N–H and O–H groups in total. The monoisotopic (exact) mass is 591 g/mol. The molecule has 5 rings (SSSR count). The van der Waals surface area contributed by atoms with E-state index in [9.17, 15) is 19.5 Å². The summed E-state index contributed by atoms with van der Waals surface area (Å²) in [7, 11) is 1.58. The molecule has 1 saturated carbocycles. The van der Waals surface area contributed by atoms with Crippen molar-refractivity contribution in [2.45, 2.75) is 57.7 Å².